The first-order valence-corrected chi connectivity index (χ1v) is 7.11. The molecule has 1 fully saturated rings. The minimum Gasteiger partial charge on any atom is -0.309 e. The first-order valence-electron chi connectivity index (χ1n) is 7.11. The van der Waals surface area contributed by atoms with Gasteiger partial charge in [-0.1, -0.05) is 6.42 Å². The Morgan fingerprint density at radius 1 is 1.33 bits per heavy atom. The summed E-state index contributed by atoms with van der Waals surface area (Å²) in [6, 6.07) is 2.62. The molecular weight excluding hydrogens is 222 g/mol. The van der Waals surface area contributed by atoms with Gasteiger partial charge in [0.05, 0.1) is 0 Å². The molecule has 0 amide bonds. The van der Waals surface area contributed by atoms with E-state index in [0.717, 1.165) is 6.54 Å². The van der Waals surface area contributed by atoms with E-state index in [9.17, 15) is 0 Å². The Balaban J connectivity index is 1.74. The van der Waals surface area contributed by atoms with Crippen LogP contribution >= 0.6 is 0 Å². The fourth-order valence-electron chi connectivity index (χ4n) is 2.56. The maximum Gasteiger partial charge on any atom is 0.0315 e. The van der Waals surface area contributed by atoms with Gasteiger partial charge in [0.25, 0.3) is 0 Å². The molecule has 0 aromatic carbocycles. The third-order valence-electron chi connectivity index (χ3n) is 3.77. The van der Waals surface area contributed by atoms with Crippen molar-refractivity contribution in [3.8, 4) is 0 Å². The molecule has 0 aliphatic carbocycles. The fraction of sp³-hybridized carbons (Fsp3) is 0.667. The lowest BCUT2D eigenvalue weighted by Gasteiger charge is -2.29. The lowest BCUT2D eigenvalue weighted by molar-refractivity contribution is 0.209. The number of aryl methyl sites for hydroxylation is 1. The quantitative estimate of drug-likeness (QED) is 0.865. The number of nitrogens with zero attached hydrogens (tertiary/aromatic N) is 2. The minimum absolute atomic E-state index is 0.544. The number of nitrogens with one attached hydrogen (secondary N) is 1. The van der Waals surface area contributed by atoms with Crippen LogP contribution in [0.4, 0.5) is 0 Å². The van der Waals surface area contributed by atoms with E-state index < -0.39 is 0 Å². The molecule has 1 aromatic heterocycles. The molecule has 1 unspecified atom stereocenters. The molecule has 0 bridgehead atoms. The molecule has 3 nitrogen and oxygen atoms in total. The van der Waals surface area contributed by atoms with Crippen molar-refractivity contribution in [2.75, 3.05) is 19.6 Å². The highest BCUT2D eigenvalue weighted by molar-refractivity contribution is 5.21. The first kappa shape index (κ1) is 13.5. The van der Waals surface area contributed by atoms with Gasteiger partial charge in [-0.05, 0) is 57.0 Å². The first-order chi connectivity index (χ1) is 8.75. The van der Waals surface area contributed by atoms with Gasteiger partial charge in [-0.2, -0.15) is 0 Å². The van der Waals surface area contributed by atoms with Crippen molar-refractivity contribution in [3.05, 3.63) is 29.6 Å². The van der Waals surface area contributed by atoms with Crippen LogP contribution in [0, 0.1) is 6.92 Å². The van der Waals surface area contributed by atoms with Gasteiger partial charge in [0.15, 0.2) is 0 Å². The van der Waals surface area contributed by atoms with Gasteiger partial charge in [0.2, 0.25) is 0 Å². The Morgan fingerprint density at radius 2 is 2.11 bits per heavy atom. The summed E-state index contributed by atoms with van der Waals surface area (Å²) in [4.78, 5) is 6.77. The van der Waals surface area contributed by atoms with Gasteiger partial charge < -0.3 is 10.2 Å². The summed E-state index contributed by atoms with van der Waals surface area (Å²) in [6.45, 7) is 9.07. The molecule has 1 N–H and O–H groups in total. The summed E-state index contributed by atoms with van der Waals surface area (Å²) in [7, 11) is 0. The van der Waals surface area contributed by atoms with Crippen molar-refractivity contribution in [2.24, 2.45) is 0 Å². The van der Waals surface area contributed by atoms with Crippen molar-refractivity contribution in [2.45, 2.75) is 45.7 Å². The van der Waals surface area contributed by atoms with Gasteiger partial charge in [-0.15, -0.1) is 0 Å². The smallest absolute Gasteiger partial charge is 0.0315 e. The van der Waals surface area contributed by atoms with Gasteiger partial charge in [0, 0.05) is 31.5 Å². The van der Waals surface area contributed by atoms with E-state index in [0.29, 0.717) is 6.04 Å². The standard InChI is InChI=1S/C15H25N3/c1-13-6-7-16-10-15(13)11-17-14(2)12-18-8-4-3-5-9-18/h6-7,10,14,17H,3-5,8-9,11-12H2,1-2H3. The Hall–Kier alpha value is -0.930. The Morgan fingerprint density at radius 3 is 2.83 bits per heavy atom. The molecule has 1 saturated heterocycles. The van der Waals surface area contributed by atoms with Crippen LogP contribution in [0.2, 0.25) is 0 Å². The molecule has 18 heavy (non-hydrogen) atoms. The predicted octanol–water partition coefficient (Wildman–Crippen LogP) is 2.35. The number of rotatable bonds is 5. The number of hydrogen-bond acceptors (Lipinski definition) is 3. The average Bonchev–Trinajstić information content (AvgIpc) is 2.39. The second kappa shape index (κ2) is 6.86. The molecular formula is C15H25N3. The highest BCUT2D eigenvalue weighted by Gasteiger charge is 2.13. The van der Waals surface area contributed by atoms with Gasteiger partial charge >= 0.3 is 0 Å². The topological polar surface area (TPSA) is 28.2 Å². The number of hydrogen-bond donors (Lipinski definition) is 1. The summed E-state index contributed by atoms with van der Waals surface area (Å²) in [6.07, 6.45) is 7.97. The molecule has 1 aliphatic rings. The van der Waals surface area contributed by atoms with E-state index in [2.05, 4.69) is 35.1 Å². The van der Waals surface area contributed by atoms with Crippen molar-refractivity contribution in [3.63, 3.8) is 0 Å². The Kier molecular flexibility index (Phi) is 5.14. The van der Waals surface area contributed by atoms with E-state index in [-0.39, 0.29) is 0 Å². The SMILES string of the molecule is Cc1ccncc1CNC(C)CN1CCCCC1. The van der Waals surface area contributed by atoms with Crippen molar-refractivity contribution < 1.29 is 0 Å². The van der Waals surface area contributed by atoms with Crippen LogP contribution in [-0.4, -0.2) is 35.6 Å². The van der Waals surface area contributed by atoms with Gasteiger partial charge in [-0.3, -0.25) is 4.98 Å². The lowest BCUT2D eigenvalue weighted by Crippen LogP contribution is -2.41. The summed E-state index contributed by atoms with van der Waals surface area (Å²) in [5, 5.41) is 3.61. The molecule has 3 heteroatoms. The van der Waals surface area contributed by atoms with E-state index in [1.807, 2.05) is 12.4 Å². The predicted molar refractivity (Wildman–Crippen MR) is 75.6 cm³/mol. The van der Waals surface area contributed by atoms with Crippen LogP contribution in [0.5, 0.6) is 0 Å². The number of pyridine rings is 1. The zero-order valence-electron chi connectivity index (χ0n) is 11.7. The zero-order chi connectivity index (χ0) is 12.8. The minimum atomic E-state index is 0.544. The normalized spacial score (nSPS) is 18.8. The molecule has 1 atom stereocenters. The molecule has 2 rings (SSSR count). The van der Waals surface area contributed by atoms with Crippen LogP contribution in [0.15, 0.2) is 18.5 Å². The van der Waals surface area contributed by atoms with Gasteiger partial charge in [-0.25, -0.2) is 0 Å². The number of aromatic nitrogens is 1. The van der Waals surface area contributed by atoms with Gasteiger partial charge in [0.1, 0.15) is 0 Å². The Labute approximate surface area is 111 Å². The fourth-order valence-corrected chi connectivity index (χ4v) is 2.56. The van der Waals surface area contributed by atoms with E-state index in [4.69, 9.17) is 0 Å². The molecule has 0 radical (unpaired) electrons. The third kappa shape index (κ3) is 4.07. The monoisotopic (exact) mass is 247 g/mol. The van der Waals surface area contributed by atoms with Crippen LogP contribution in [0.1, 0.15) is 37.3 Å². The summed E-state index contributed by atoms with van der Waals surface area (Å²) in [5.41, 5.74) is 2.63. The zero-order valence-corrected chi connectivity index (χ0v) is 11.7. The maximum absolute atomic E-state index is 4.19. The Bertz CT molecular complexity index is 359. The molecule has 2 heterocycles. The second-order valence-electron chi connectivity index (χ2n) is 5.45. The lowest BCUT2D eigenvalue weighted by atomic mass is 10.1. The van der Waals surface area contributed by atoms with Crippen molar-refractivity contribution >= 4 is 0 Å². The van der Waals surface area contributed by atoms with Crippen molar-refractivity contribution in [1.82, 2.24) is 15.2 Å². The third-order valence-corrected chi connectivity index (χ3v) is 3.77. The number of piperidine rings is 1. The van der Waals surface area contributed by atoms with E-state index in [1.165, 1.54) is 50.0 Å². The van der Waals surface area contributed by atoms with E-state index >= 15 is 0 Å². The van der Waals surface area contributed by atoms with E-state index in [1.54, 1.807) is 0 Å². The molecule has 0 saturated carbocycles. The summed E-state index contributed by atoms with van der Waals surface area (Å²) in [5.74, 6) is 0. The highest BCUT2D eigenvalue weighted by atomic mass is 15.1. The molecule has 1 aliphatic heterocycles. The summed E-state index contributed by atoms with van der Waals surface area (Å²) < 4.78 is 0. The second-order valence-corrected chi connectivity index (χ2v) is 5.45. The average molecular weight is 247 g/mol. The van der Waals surface area contributed by atoms with Crippen LogP contribution < -0.4 is 5.32 Å². The molecule has 100 valence electrons. The largest absolute Gasteiger partial charge is 0.309 e. The highest BCUT2D eigenvalue weighted by Crippen LogP contribution is 2.09. The van der Waals surface area contributed by atoms with Crippen LogP contribution in [0.25, 0.3) is 0 Å². The molecule has 1 aromatic rings. The number of likely N-dealkylation sites (tertiary alicyclic amines) is 1. The summed E-state index contributed by atoms with van der Waals surface area (Å²) >= 11 is 0. The molecule has 0 spiro atoms. The maximum atomic E-state index is 4.19. The van der Waals surface area contributed by atoms with Crippen LogP contribution in [0.3, 0.4) is 0 Å². The van der Waals surface area contributed by atoms with Crippen LogP contribution in [-0.2, 0) is 6.54 Å². The van der Waals surface area contributed by atoms with Crippen molar-refractivity contribution in [1.29, 1.82) is 0 Å².